The van der Waals surface area contributed by atoms with Gasteiger partial charge in [-0.2, -0.15) is 17.5 Å². The number of nitrogens with zero attached hydrogens (tertiary/aromatic N) is 4. The lowest BCUT2D eigenvalue weighted by atomic mass is 10.1. The lowest BCUT2D eigenvalue weighted by Gasteiger charge is -2.26. The molecular formula is C23H23F3N4O5S2. The highest BCUT2D eigenvalue weighted by molar-refractivity contribution is 8.00. The van der Waals surface area contributed by atoms with Crippen LogP contribution in [-0.2, 0) is 30.5 Å². The maximum Gasteiger partial charge on any atom is 0.416 e. The first-order valence-corrected chi connectivity index (χ1v) is 13.4. The Morgan fingerprint density at radius 3 is 2.49 bits per heavy atom. The summed E-state index contributed by atoms with van der Waals surface area (Å²) in [5.41, 5.74) is -0.474. The van der Waals surface area contributed by atoms with Crippen molar-refractivity contribution in [2.45, 2.75) is 28.4 Å². The molecule has 0 radical (unpaired) electrons. The molecule has 14 heteroatoms. The van der Waals surface area contributed by atoms with E-state index in [2.05, 4.69) is 10.2 Å². The predicted octanol–water partition coefficient (Wildman–Crippen LogP) is 3.63. The van der Waals surface area contributed by atoms with Crippen molar-refractivity contribution in [2.75, 3.05) is 33.4 Å². The molecule has 1 aliphatic heterocycles. The van der Waals surface area contributed by atoms with Crippen molar-refractivity contribution >= 4 is 27.8 Å². The zero-order valence-corrected chi connectivity index (χ0v) is 21.4. The molecule has 1 fully saturated rings. The lowest BCUT2D eigenvalue weighted by molar-refractivity contribution is -0.139. The number of methoxy groups -OCH3 is 1. The van der Waals surface area contributed by atoms with Gasteiger partial charge in [-0.05, 0) is 37.3 Å². The quantitative estimate of drug-likeness (QED) is 0.321. The summed E-state index contributed by atoms with van der Waals surface area (Å²) in [6.07, 6.45) is -4.59. The normalized spacial score (nSPS) is 15.9. The van der Waals surface area contributed by atoms with E-state index >= 15 is 0 Å². The highest BCUT2D eigenvalue weighted by atomic mass is 32.2. The maximum atomic E-state index is 13.5. The molecule has 3 aromatic rings. The number of ether oxygens (including phenoxy) is 2. The van der Waals surface area contributed by atoms with Gasteiger partial charge in [0.2, 0.25) is 10.0 Å². The van der Waals surface area contributed by atoms with Gasteiger partial charge in [0.05, 0.1) is 36.5 Å². The molecule has 4 rings (SSSR count). The molecule has 2 heterocycles. The van der Waals surface area contributed by atoms with Gasteiger partial charge in [0.1, 0.15) is 5.25 Å². The maximum absolute atomic E-state index is 13.5. The predicted molar refractivity (Wildman–Crippen MR) is 129 cm³/mol. The largest absolute Gasteiger partial charge is 0.468 e. The molecule has 1 aliphatic rings. The van der Waals surface area contributed by atoms with Crippen molar-refractivity contribution in [3.8, 4) is 17.1 Å². The number of carbonyl (C=O) groups is 1. The van der Waals surface area contributed by atoms with Crippen molar-refractivity contribution in [3.63, 3.8) is 0 Å². The van der Waals surface area contributed by atoms with E-state index in [1.807, 2.05) is 0 Å². The average molecular weight is 557 g/mol. The van der Waals surface area contributed by atoms with Crippen LogP contribution in [0.1, 0.15) is 12.5 Å². The van der Waals surface area contributed by atoms with Crippen LogP contribution in [0.4, 0.5) is 13.2 Å². The Kier molecular flexibility index (Phi) is 7.92. The van der Waals surface area contributed by atoms with Gasteiger partial charge in [-0.1, -0.05) is 30.0 Å². The topological polar surface area (TPSA) is 104 Å². The summed E-state index contributed by atoms with van der Waals surface area (Å²) in [6.45, 7) is 2.54. The van der Waals surface area contributed by atoms with Crippen LogP contribution < -0.4 is 0 Å². The fraction of sp³-hybridized carbons (Fsp3) is 0.348. The number of rotatable bonds is 7. The van der Waals surface area contributed by atoms with E-state index < -0.39 is 33.0 Å². The number of esters is 1. The minimum absolute atomic E-state index is 0.00243. The Hall–Kier alpha value is -2.94. The van der Waals surface area contributed by atoms with E-state index in [-0.39, 0.29) is 47.9 Å². The third kappa shape index (κ3) is 5.81. The molecule has 0 spiro atoms. The molecule has 0 saturated carbocycles. The number of hydrogen-bond donors (Lipinski definition) is 0. The molecule has 0 amide bonds. The Morgan fingerprint density at radius 2 is 1.81 bits per heavy atom. The number of aromatic nitrogens is 3. The summed E-state index contributed by atoms with van der Waals surface area (Å²) in [5.74, 6) is -0.443. The molecule has 2 aromatic carbocycles. The molecule has 37 heavy (non-hydrogen) atoms. The molecule has 0 bridgehead atoms. The summed E-state index contributed by atoms with van der Waals surface area (Å²) >= 11 is 0.952. The molecule has 1 aromatic heterocycles. The molecule has 0 unspecified atom stereocenters. The highest BCUT2D eigenvalue weighted by Crippen LogP contribution is 2.35. The van der Waals surface area contributed by atoms with E-state index in [9.17, 15) is 26.4 Å². The van der Waals surface area contributed by atoms with Gasteiger partial charge >= 0.3 is 12.1 Å². The fourth-order valence-corrected chi connectivity index (χ4v) is 6.04. The van der Waals surface area contributed by atoms with E-state index in [0.717, 1.165) is 23.9 Å². The summed E-state index contributed by atoms with van der Waals surface area (Å²) in [7, 11) is -2.62. The number of alkyl halides is 3. The third-order valence-electron chi connectivity index (χ3n) is 5.58. The zero-order valence-electron chi connectivity index (χ0n) is 19.8. The first-order valence-electron chi connectivity index (χ1n) is 11.1. The standard InChI is InChI=1S/C23H23F3N4O5S2/c1-15(21(31)34-2)36-22-28-27-20(30(22)18-7-4-6-17(14-18)23(24,25)26)16-5-3-8-19(13-16)37(32,33)29-9-11-35-12-10-29/h3-8,13-15H,9-12H2,1-2H3/t15-/m1/s1. The third-order valence-corrected chi connectivity index (χ3v) is 8.50. The second-order valence-corrected chi connectivity index (χ2v) is 11.3. The summed E-state index contributed by atoms with van der Waals surface area (Å²) < 4.78 is 79.4. The molecule has 1 saturated heterocycles. The molecule has 9 nitrogen and oxygen atoms in total. The van der Waals surface area contributed by atoms with Crippen molar-refractivity contribution in [1.82, 2.24) is 19.1 Å². The Bertz CT molecular complexity index is 1390. The number of morpholine rings is 1. The van der Waals surface area contributed by atoms with Gasteiger partial charge in [0.15, 0.2) is 11.0 Å². The second kappa shape index (κ2) is 10.8. The van der Waals surface area contributed by atoms with E-state index in [1.165, 1.54) is 46.3 Å². The van der Waals surface area contributed by atoms with Crippen molar-refractivity contribution < 1.29 is 35.9 Å². The first kappa shape index (κ1) is 27.1. The number of halogens is 3. The van der Waals surface area contributed by atoms with Gasteiger partial charge in [0.25, 0.3) is 0 Å². The average Bonchev–Trinajstić information content (AvgIpc) is 3.31. The lowest BCUT2D eigenvalue weighted by Crippen LogP contribution is -2.40. The minimum atomic E-state index is -4.59. The van der Waals surface area contributed by atoms with Crippen molar-refractivity contribution in [3.05, 3.63) is 54.1 Å². The molecule has 0 aliphatic carbocycles. The smallest absolute Gasteiger partial charge is 0.416 e. The number of thioether (sulfide) groups is 1. The van der Waals surface area contributed by atoms with Crippen LogP contribution in [0, 0.1) is 0 Å². The molecule has 198 valence electrons. The van der Waals surface area contributed by atoms with Crippen LogP contribution in [0.25, 0.3) is 17.1 Å². The van der Waals surface area contributed by atoms with Crippen molar-refractivity contribution in [2.24, 2.45) is 0 Å². The first-order chi connectivity index (χ1) is 17.5. The number of sulfonamides is 1. The number of benzene rings is 2. The van der Waals surface area contributed by atoms with Crippen LogP contribution in [0.15, 0.2) is 58.6 Å². The molecular weight excluding hydrogens is 533 g/mol. The minimum Gasteiger partial charge on any atom is -0.468 e. The van der Waals surface area contributed by atoms with Crippen molar-refractivity contribution in [1.29, 1.82) is 0 Å². The van der Waals surface area contributed by atoms with Crippen LogP contribution in [-0.4, -0.2) is 72.1 Å². The van der Waals surface area contributed by atoms with E-state index in [1.54, 1.807) is 13.0 Å². The summed E-state index contributed by atoms with van der Waals surface area (Å²) in [6, 6.07) is 10.5. The Morgan fingerprint density at radius 1 is 1.11 bits per heavy atom. The molecule has 0 N–H and O–H groups in total. The number of hydrogen-bond acceptors (Lipinski definition) is 8. The highest BCUT2D eigenvalue weighted by Gasteiger charge is 2.32. The van der Waals surface area contributed by atoms with Crippen LogP contribution in [0.3, 0.4) is 0 Å². The Labute approximate surface area is 215 Å². The van der Waals surface area contributed by atoms with E-state index in [4.69, 9.17) is 9.47 Å². The van der Waals surface area contributed by atoms with Gasteiger partial charge in [0, 0.05) is 18.7 Å². The molecule has 1 atom stereocenters. The van der Waals surface area contributed by atoms with Crippen LogP contribution in [0.2, 0.25) is 0 Å². The zero-order chi connectivity index (χ0) is 26.8. The SMILES string of the molecule is COC(=O)[C@@H](C)Sc1nnc(-c2cccc(S(=O)(=O)N3CCOCC3)c2)n1-c1cccc(C(F)(F)F)c1. The monoisotopic (exact) mass is 556 g/mol. The van der Waals surface area contributed by atoms with Gasteiger partial charge in [-0.15, -0.1) is 10.2 Å². The summed E-state index contributed by atoms with van der Waals surface area (Å²) in [4.78, 5) is 12.0. The Balaban J connectivity index is 1.83. The van der Waals surface area contributed by atoms with Crippen LogP contribution in [0.5, 0.6) is 0 Å². The summed E-state index contributed by atoms with van der Waals surface area (Å²) in [5, 5.41) is 7.67. The van der Waals surface area contributed by atoms with E-state index in [0.29, 0.717) is 5.56 Å². The second-order valence-electron chi connectivity index (χ2n) is 8.02. The van der Waals surface area contributed by atoms with Gasteiger partial charge in [-0.3, -0.25) is 9.36 Å². The van der Waals surface area contributed by atoms with Crippen LogP contribution >= 0.6 is 11.8 Å². The number of carbonyl (C=O) groups excluding carboxylic acids is 1. The van der Waals surface area contributed by atoms with Gasteiger partial charge in [-0.25, -0.2) is 8.42 Å². The van der Waals surface area contributed by atoms with Gasteiger partial charge < -0.3 is 9.47 Å². The fourth-order valence-electron chi connectivity index (χ4n) is 3.69.